The van der Waals surface area contributed by atoms with Gasteiger partial charge in [0.15, 0.2) is 5.82 Å². The third-order valence-corrected chi connectivity index (χ3v) is 5.42. The number of carboxylic acids is 1. The zero-order valence-corrected chi connectivity index (χ0v) is 15.6. The third kappa shape index (κ3) is 3.93. The van der Waals surface area contributed by atoms with E-state index in [-0.39, 0.29) is 11.8 Å². The molecule has 26 heavy (non-hydrogen) atoms. The summed E-state index contributed by atoms with van der Waals surface area (Å²) in [5.41, 5.74) is 3.76. The van der Waals surface area contributed by atoms with Crippen LogP contribution in [0.25, 0.3) is 0 Å². The molecule has 7 nitrogen and oxygen atoms in total. The van der Waals surface area contributed by atoms with Crippen LogP contribution in [0.2, 0.25) is 0 Å². The number of aliphatic carboxylic acids is 1. The van der Waals surface area contributed by atoms with Crippen LogP contribution in [0.3, 0.4) is 0 Å². The number of carbonyl (C=O) groups is 1. The summed E-state index contributed by atoms with van der Waals surface area (Å²) in [6.45, 7) is 8.08. The van der Waals surface area contributed by atoms with Crippen molar-refractivity contribution in [2.24, 2.45) is 11.8 Å². The summed E-state index contributed by atoms with van der Waals surface area (Å²) < 4.78 is 0. The summed E-state index contributed by atoms with van der Waals surface area (Å²) in [6.07, 6.45) is 1.75. The van der Waals surface area contributed by atoms with Crippen molar-refractivity contribution < 1.29 is 9.90 Å². The summed E-state index contributed by atoms with van der Waals surface area (Å²) in [7, 11) is 0. The van der Waals surface area contributed by atoms with Crippen LogP contribution in [-0.4, -0.2) is 44.8 Å². The number of nitrogens with zero attached hydrogens (tertiary/aromatic N) is 3. The molecule has 0 amide bonds. The van der Waals surface area contributed by atoms with Gasteiger partial charge in [0.05, 0.1) is 5.92 Å². The number of carboxylic acid groups (broad SMARTS) is 1. The van der Waals surface area contributed by atoms with E-state index in [9.17, 15) is 9.90 Å². The van der Waals surface area contributed by atoms with E-state index in [4.69, 9.17) is 0 Å². The minimum absolute atomic E-state index is 0.0269. The first kappa shape index (κ1) is 18.5. The molecule has 0 spiro atoms. The number of aromatic nitrogens is 4. The number of tetrazole rings is 1. The maximum atomic E-state index is 11.9. The molecule has 0 bridgehead atoms. The van der Waals surface area contributed by atoms with E-state index in [0.29, 0.717) is 18.2 Å². The third-order valence-electron chi connectivity index (χ3n) is 5.42. The molecule has 7 heteroatoms. The first-order valence-electron chi connectivity index (χ1n) is 9.23. The molecular formula is C19H27N5O2. The van der Waals surface area contributed by atoms with Gasteiger partial charge in [0.2, 0.25) is 0 Å². The highest BCUT2D eigenvalue weighted by atomic mass is 16.4. The highest BCUT2D eigenvalue weighted by Gasteiger charge is 2.35. The Labute approximate surface area is 153 Å². The highest BCUT2D eigenvalue weighted by molar-refractivity contribution is 5.71. The number of rotatable bonds is 7. The molecule has 0 aliphatic carbocycles. The molecule has 2 unspecified atom stereocenters. The zero-order valence-electron chi connectivity index (χ0n) is 15.6. The minimum Gasteiger partial charge on any atom is -0.481 e. The standard InChI is InChI=1S/C19H27N5O2/c1-11(2)17(19(25)26)16(18-21-23-24-22-18)9-13-4-5-15(12(3)8-13)14-6-7-20-10-14/h4-5,8,11,14,16-17,20H,6-7,9-10H2,1-3H3,(H,25,26)(H,21,22,23,24)/t14?,16-,17?/m0/s1. The van der Waals surface area contributed by atoms with E-state index in [2.05, 4.69) is 51.1 Å². The van der Waals surface area contributed by atoms with E-state index in [1.54, 1.807) is 0 Å². The van der Waals surface area contributed by atoms with Crippen LogP contribution >= 0.6 is 0 Å². The molecule has 0 radical (unpaired) electrons. The van der Waals surface area contributed by atoms with Gasteiger partial charge < -0.3 is 10.4 Å². The Morgan fingerprint density at radius 3 is 2.73 bits per heavy atom. The summed E-state index contributed by atoms with van der Waals surface area (Å²) >= 11 is 0. The molecule has 1 aromatic heterocycles. The van der Waals surface area contributed by atoms with Crippen molar-refractivity contribution in [1.82, 2.24) is 25.9 Å². The monoisotopic (exact) mass is 357 g/mol. The second kappa shape index (κ2) is 7.95. The number of hydrogen-bond donors (Lipinski definition) is 3. The predicted octanol–water partition coefficient (Wildman–Crippen LogP) is 2.27. The first-order chi connectivity index (χ1) is 12.5. The van der Waals surface area contributed by atoms with E-state index in [1.807, 2.05) is 13.8 Å². The average molecular weight is 357 g/mol. The number of benzene rings is 1. The van der Waals surface area contributed by atoms with Gasteiger partial charge in [0.1, 0.15) is 0 Å². The molecule has 1 aliphatic heterocycles. The lowest BCUT2D eigenvalue weighted by Crippen LogP contribution is -2.29. The Balaban J connectivity index is 1.87. The second-order valence-corrected chi connectivity index (χ2v) is 7.57. The van der Waals surface area contributed by atoms with Gasteiger partial charge in [0.25, 0.3) is 0 Å². The molecule has 1 fully saturated rings. The SMILES string of the molecule is Cc1cc(C[C@H](c2nn[nH]n2)C(C(=O)O)C(C)C)ccc1C1CCNC1. The Kier molecular flexibility index (Phi) is 5.66. The second-order valence-electron chi connectivity index (χ2n) is 7.57. The smallest absolute Gasteiger partial charge is 0.307 e. The quantitative estimate of drug-likeness (QED) is 0.702. The van der Waals surface area contributed by atoms with Crippen molar-refractivity contribution in [2.75, 3.05) is 13.1 Å². The molecule has 1 aromatic carbocycles. The fourth-order valence-corrected chi connectivity index (χ4v) is 4.12. The lowest BCUT2D eigenvalue weighted by atomic mass is 9.79. The Morgan fingerprint density at radius 2 is 2.19 bits per heavy atom. The molecule has 3 rings (SSSR count). The fourth-order valence-electron chi connectivity index (χ4n) is 4.12. The van der Waals surface area contributed by atoms with Gasteiger partial charge in [-0.2, -0.15) is 5.21 Å². The van der Waals surface area contributed by atoms with Crippen LogP contribution in [0.5, 0.6) is 0 Å². The maximum absolute atomic E-state index is 11.9. The van der Waals surface area contributed by atoms with Crippen molar-refractivity contribution in [2.45, 2.75) is 45.4 Å². The van der Waals surface area contributed by atoms with Crippen LogP contribution in [0.1, 0.15) is 54.6 Å². The van der Waals surface area contributed by atoms with Crippen LogP contribution in [0.15, 0.2) is 18.2 Å². The summed E-state index contributed by atoms with van der Waals surface area (Å²) in [6, 6.07) is 6.49. The molecular weight excluding hydrogens is 330 g/mol. The fraction of sp³-hybridized carbons (Fsp3) is 0.579. The topological polar surface area (TPSA) is 104 Å². The highest BCUT2D eigenvalue weighted by Crippen LogP contribution is 2.33. The van der Waals surface area contributed by atoms with Gasteiger partial charge in [-0.1, -0.05) is 37.3 Å². The van der Waals surface area contributed by atoms with Crippen molar-refractivity contribution >= 4 is 5.97 Å². The van der Waals surface area contributed by atoms with Gasteiger partial charge >= 0.3 is 5.97 Å². The molecule has 1 saturated heterocycles. The summed E-state index contributed by atoms with van der Waals surface area (Å²) in [4.78, 5) is 11.9. The van der Waals surface area contributed by atoms with Crippen LogP contribution in [-0.2, 0) is 11.2 Å². The zero-order chi connectivity index (χ0) is 18.7. The Hall–Kier alpha value is -2.28. The van der Waals surface area contributed by atoms with E-state index in [1.165, 1.54) is 17.5 Å². The number of nitrogens with one attached hydrogen (secondary N) is 2. The van der Waals surface area contributed by atoms with Gasteiger partial charge in [0, 0.05) is 12.5 Å². The van der Waals surface area contributed by atoms with E-state index in [0.717, 1.165) is 18.7 Å². The summed E-state index contributed by atoms with van der Waals surface area (Å²) in [5.74, 6) is -0.690. The summed E-state index contributed by atoms with van der Waals surface area (Å²) in [5, 5.41) is 27.4. The molecule has 2 aromatic rings. The largest absolute Gasteiger partial charge is 0.481 e. The molecule has 140 valence electrons. The van der Waals surface area contributed by atoms with Crippen LogP contribution in [0, 0.1) is 18.8 Å². The van der Waals surface area contributed by atoms with Gasteiger partial charge in [-0.05, 0) is 54.8 Å². The Bertz CT molecular complexity index is 738. The lowest BCUT2D eigenvalue weighted by molar-refractivity contribution is -0.144. The average Bonchev–Trinajstić information content (AvgIpc) is 3.27. The number of aromatic amines is 1. The molecule has 3 atom stereocenters. The van der Waals surface area contributed by atoms with Crippen molar-refractivity contribution in [3.63, 3.8) is 0 Å². The van der Waals surface area contributed by atoms with Crippen molar-refractivity contribution in [3.8, 4) is 0 Å². The lowest BCUT2D eigenvalue weighted by Gasteiger charge is -2.25. The normalized spacial score (nSPS) is 19.6. The predicted molar refractivity (Wildman–Crippen MR) is 98.0 cm³/mol. The van der Waals surface area contributed by atoms with Gasteiger partial charge in [-0.15, -0.1) is 10.2 Å². The minimum atomic E-state index is -0.819. The van der Waals surface area contributed by atoms with Crippen molar-refractivity contribution in [1.29, 1.82) is 0 Å². The van der Waals surface area contributed by atoms with Crippen LogP contribution in [0.4, 0.5) is 0 Å². The number of aryl methyl sites for hydroxylation is 1. The maximum Gasteiger partial charge on any atom is 0.307 e. The van der Waals surface area contributed by atoms with Gasteiger partial charge in [-0.3, -0.25) is 4.79 Å². The van der Waals surface area contributed by atoms with Crippen molar-refractivity contribution in [3.05, 3.63) is 40.7 Å². The van der Waals surface area contributed by atoms with E-state index >= 15 is 0 Å². The van der Waals surface area contributed by atoms with E-state index < -0.39 is 11.9 Å². The number of hydrogen-bond acceptors (Lipinski definition) is 5. The molecule has 0 saturated carbocycles. The van der Waals surface area contributed by atoms with Gasteiger partial charge in [-0.25, -0.2) is 0 Å². The van der Waals surface area contributed by atoms with Crippen LogP contribution < -0.4 is 5.32 Å². The Morgan fingerprint density at radius 1 is 1.38 bits per heavy atom. The molecule has 3 N–H and O–H groups in total. The number of H-pyrrole nitrogens is 1. The first-order valence-corrected chi connectivity index (χ1v) is 9.23. The molecule has 2 heterocycles. The molecule has 1 aliphatic rings.